The Bertz CT molecular complexity index is 612. The van der Waals surface area contributed by atoms with Crippen LogP contribution in [-0.4, -0.2) is 11.5 Å². The number of nitrogens with two attached hydrogens (primary N) is 1. The summed E-state index contributed by atoms with van der Waals surface area (Å²) in [5.41, 5.74) is 8.09. The lowest BCUT2D eigenvalue weighted by Crippen LogP contribution is -2.19. The van der Waals surface area contributed by atoms with Gasteiger partial charge < -0.3 is 11.1 Å². The van der Waals surface area contributed by atoms with Gasteiger partial charge in [-0.2, -0.15) is 0 Å². The third kappa shape index (κ3) is 3.24. The molecule has 2 nitrogen and oxygen atoms in total. The van der Waals surface area contributed by atoms with Crippen molar-refractivity contribution in [3.63, 3.8) is 0 Å². The molecule has 100 valence electrons. The van der Waals surface area contributed by atoms with Crippen LogP contribution in [0.5, 0.6) is 0 Å². The minimum Gasteiger partial charge on any atom is -0.389 e. The van der Waals surface area contributed by atoms with Gasteiger partial charge in [-0.3, -0.25) is 0 Å². The second-order valence-electron chi connectivity index (χ2n) is 5.98. The van der Waals surface area contributed by atoms with Crippen molar-refractivity contribution in [2.45, 2.75) is 20.8 Å². The van der Waals surface area contributed by atoms with Crippen molar-refractivity contribution in [3.05, 3.63) is 42.0 Å². The highest BCUT2D eigenvalue weighted by Gasteiger charge is 2.12. The number of hydrogen-bond donors (Lipinski definition) is 2. The average Bonchev–Trinajstić information content (AvgIpc) is 2.34. The van der Waals surface area contributed by atoms with E-state index in [1.807, 2.05) is 18.2 Å². The van der Waals surface area contributed by atoms with Crippen molar-refractivity contribution in [3.8, 4) is 0 Å². The van der Waals surface area contributed by atoms with E-state index in [4.69, 9.17) is 18.0 Å². The van der Waals surface area contributed by atoms with Crippen molar-refractivity contribution >= 4 is 33.7 Å². The summed E-state index contributed by atoms with van der Waals surface area (Å²) < 4.78 is 0. The zero-order chi connectivity index (χ0) is 14.0. The zero-order valence-corrected chi connectivity index (χ0v) is 12.5. The topological polar surface area (TPSA) is 38.0 Å². The molecule has 2 rings (SSSR count). The molecule has 0 saturated carbocycles. The Morgan fingerprint density at radius 3 is 2.32 bits per heavy atom. The van der Waals surface area contributed by atoms with Gasteiger partial charge >= 0.3 is 0 Å². The molecule has 0 radical (unpaired) electrons. The Labute approximate surface area is 120 Å². The molecular weight excluding hydrogens is 252 g/mol. The van der Waals surface area contributed by atoms with Crippen LogP contribution in [0.3, 0.4) is 0 Å². The fourth-order valence-electron chi connectivity index (χ4n) is 2.03. The van der Waals surface area contributed by atoms with Crippen LogP contribution in [0.1, 0.15) is 26.3 Å². The molecule has 2 aromatic carbocycles. The maximum Gasteiger partial charge on any atom is 0.104 e. The summed E-state index contributed by atoms with van der Waals surface area (Å²) in [5, 5.41) is 5.78. The lowest BCUT2D eigenvalue weighted by Gasteiger charge is -2.21. The SMILES string of the molecule is CC(C)(C)CNc1ccc(C(N)=S)c2ccccc12. The summed E-state index contributed by atoms with van der Waals surface area (Å²) >= 11 is 5.11. The molecule has 0 aliphatic carbocycles. The Morgan fingerprint density at radius 1 is 1.11 bits per heavy atom. The summed E-state index contributed by atoms with van der Waals surface area (Å²) in [6.45, 7) is 7.56. The first-order valence-corrected chi connectivity index (χ1v) is 6.85. The minimum atomic E-state index is 0.239. The van der Waals surface area contributed by atoms with Crippen LogP contribution in [0.15, 0.2) is 36.4 Å². The van der Waals surface area contributed by atoms with Crippen LogP contribution in [0, 0.1) is 5.41 Å². The third-order valence-corrected chi connectivity index (χ3v) is 3.22. The zero-order valence-electron chi connectivity index (χ0n) is 11.7. The number of nitrogens with one attached hydrogen (secondary N) is 1. The summed E-state index contributed by atoms with van der Waals surface area (Å²) in [6.07, 6.45) is 0. The van der Waals surface area contributed by atoms with E-state index < -0.39 is 0 Å². The maximum absolute atomic E-state index is 5.78. The molecule has 0 saturated heterocycles. The van der Waals surface area contributed by atoms with Crippen molar-refractivity contribution in [2.24, 2.45) is 11.1 Å². The molecule has 3 N–H and O–H groups in total. The van der Waals surface area contributed by atoms with Crippen molar-refractivity contribution in [1.29, 1.82) is 0 Å². The fourth-order valence-corrected chi connectivity index (χ4v) is 2.21. The van der Waals surface area contributed by atoms with E-state index in [2.05, 4.69) is 44.3 Å². The predicted molar refractivity (Wildman–Crippen MR) is 87.8 cm³/mol. The number of thiocarbonyl (C=S) groups is 1. The monoisotopic (exact) mass is 272 g/mol. The molecule has 0 aromatic heterocycles. The van der Waals surface area contributed by atoms with Gasteiger partial charge in [0.25, 0.3) is 0 Å². The minimum absolute atomic E-state index is 0.239. The molecule has 0 heterocycles. The Hall–Kier alpha value is -1.61. The van der Waals surface area contributed by atoms with E-state index in [0.717, 1.165) is 28.6 Å². The van der Waals surface area contributed by atoms with Crippen LogP contribution in [0.2, 0.25) is 0 Å². The molecule has 0 fully saturated rings. The lowest BCUT2D eigenvalue weighted by atomic mass is 9.96. The quantitative estimate of drug-likeness (QED) is 0.831. The van der Waals surface area contributed by atoms with Crippen LogP contribution in [0.4, 0.5) is 5.69 Å². The molecule has 0 atom stereocenters. The second-order valence-corrected chi connectivity index (χ2v) is 6.42. The van der Waals surface area contributed by atoms with Gasteiger partial charge in [-0.05, 0) is 22.9 Å². The Kier molecular flexibility index (Phi) is 3.76. The van der Waals surface area contributed by atoms with Crippen molar-refractivity contribution < 1.29 is 0 Å². The molecular formula is C16H20N2S. The second kappa shape index (κ2) is 5.17. The van der Waals surface area contributed by atoms with E-state index in [0.29, 0.717) is 4.99 Å². The molecule has 0 bridgehead atoms. The Balaban J connectivity index is 2.47. The van der Waals surface area contributed by atoms with Gasteiger partial charge in [0.15, 0.2) is 0 Å². The lowest BCUT2D eigenvalue weighted by molar-refractivity contribution is 0.443. The molecule has 0 aliphatic heterocycles. The summed E-state index contributed by atoms with van der Waals surface area (Å²) in [4.78, 5) is 0.443. The molecule has 0 amide bonds. The highest BCUT2D eigenvalue weighted by Crippen LogP contribution is 2.27. The number of hydrogen-bond acceptors (Lipinski definition) is 2. The average molecular weight is 272 g/mol. The summed E-state index contributed by atoms with van der Waals surface area (Å²) in [7, 11) is 0. The van der Waals surface area contributed by atoms with Gasteiger partial charge in [0.05, 0.1) is 0 Å². The fraction of sp³-hybridized carbons (Fsp3) is 0.312. The number of rotatable bonds is 3. The van der Waals surface area contributed by atoms with E-state index >= 15 is 0 Å². The van der Waals surface area contributed by atoms with E-state index in [9.17, 15) is 0 Å². The molecule has 2 aromatic rings. The molecule has 0 unspecified atom stereocenters. The van der Waals surface area contributed by atoms with Crippen LogP contribution < -0.4 is 11.1 Å². The number of benzene rings is 2. The van der Waals surface area contributed by atoms with Gasteiger partial charge in [-0.25, -0.2) is 0 Å². The predicted octanol–water partition coefficient (Wildman–Crippen LogP) is 3.93. The molecule has 19 heavy (non-hydrogen) atoms. The van der Waals surface area contributed by atoms with Crippen molar-refractivity contribution in [1.82, 2.24) is 0 Å². The van der Waals surface area contributed by atoms with Gasteiger partial charge in [0, 0.05) is 23.2 Å². The van der Waals surface area contributed by atoms with E-state index in [1.54, 1.807) is 0 Å². The van der Waals surface area contributed by atoms with Gasteiger partial charge in [0.1, 0.15) is 4.99 Å². The van der Waals surface area contributed by atoms with E-state index in [-0.39, 0.29) is 5.41 Å². The standard InChI is InChI=1S/C16H20N2S/c1-16(2,3)10-18-14-9-8-13(15(17)19)11-6-4-5-7-12(11)14/h4-9,18H,10H2,1-3H3,(H2,17,19). The van der Waals surface area contributed by atoms with E-state index in [1.165, 1.54) is 0 Å². The smallest absolute Gasteiger partial charge is 0.104 e. The summed E-state index contributed by atoms with van der Waals surface area (Å²) in [6, 6.07) is 12.3. The first kappa shape index (κ1) is 13.8. The number of fused-ring (bicyclic) bond motifs is 1. The first-order chi connectivity index (χ1) is 8.88. The number of anilines is 1. The summed E-state index contributed by atoms with van der Waals surface area (Å²) in [5.74, 6) is 0. The molecule has 3 heteroatoms. The van der Waals surface area contributed by atoms with Gasteiger partial charge in [-0.15, -0.1) is 0 Å². The highest BCUT2D eigenvalue weighted by molar-refractivity contribution is 7.80. The molecule has 0 aliphatic rings. The maximum atomic E-state index is 5.78. The normalized spacial score (nSPS) is 11.5. The molecule has 0 spiro atoms. The van der Waals surface area contributed by atoms with Crippen LogP contribution in [0.25, 0.3) is 10.8 Å². The third-order valence-electron chi connectivity index (χ3n) is 3.00. The van der Waals surface area contributed by atoms with Crippen molar-refractivity contribution in [2.75, 3.05) is 11.9 Å². The first-order valence-electron chi connectivity index (χ1n) is 6.44. The van der Waals surface area contributed by atoms with Crippen LogP contribution >= 0.6 is 12.2 Å². The Morgan fingerprint density at radius 2 is 1.74 bits per heavy atom. The van der Waals surface area contributed by atoms with Gasteiger partial charge in [0.2, 0.25) is 0 Å². The highest BCUT2D eigenvalue weighted by atomic mass is 32.1. The van der Waals surface area contributed by atoms with Gasteiger partial charge in [-0.1, -0.05) is 57.3 Å². The largest absolute Gasteiger partial charge is 0.389 e. The van der Waals surface area contributed by atoms with Crippen LogP contribution in [-0.2, 0) is 0 Å².